The summed E-state index contributed by atoms with van der Waals surface area (Å²) in [5, 5.41) is 0. The molecule has 0 saturated carbocycles. The van der Waals surface area contributed by atoms with Crippen LogP contribution in [0.4, 0.5) is 0 Å². The lowest BCUT2D eigenvalue weighted by Crippen LogP contribution is -2.50. The van der Waals surface area contributed by atoms with Crippen molar-refractivity contribution in [3.8, 4) is 0 Å². The first-order valence-corrected chi connectivity index (χ1v) is 15.5. The van der Waals surface area contributed by atoms with Crippen molar-refractivity contribution in [3.05, 3.63) is 0 Å². The van der Waals surface area contributed by atoms with Gasteiger partial charge in [-0.25, -0.2) is 0 Å². The van der Waals surface area contributed by atoms with Crippen LogP contribution >= 0.6 is 0 Å². The predicted octanol–water partition coefficient (Wildman–Crippen LogP) is 3.87. The van der Waals surface area contributed by atoms with Crippen LogP contribution in [0, 0.1) is 0 Å². The normalized spacial score (nSPS) is 13.2. The highest BCUT2D eigenvalue weighted by atomic mass is 28.4. The Morgan fingerprint density at radius 1 is 0.600 bits per heavy atom. The Morgan fingerprint density at radius 2 is 0.867 bits per heavy atom. The zero-order valence-electron chi connectivity index (χ0n) is 20.5. The highest BCUT2D eigenvalue weighted by Crippen LogP contribution is 2.27. The third-order valence-corrected chi connectivity index (χ3v) is 11.3. The van der Waals surface area contributed by atoms with Gasteiger partial charge in [0.05, 0.1) is 0 Å². The van der Waals surface area contributed by atoms with E-state index in [1.54, 1.807) is 0 Å². The van der Waals surface area contributed by atoms with Crippen molar-refractivity contribution in [1.29, 1.82) is 0 Å². The second-order valence-electron chi connectivity index (χ2n) is 7.38. The molecule has 0 spiro atoms. The lowest BCUT2D eigenvalue weighted by Gasteiger charge is -2.33. The van der Waals surface area contributed by atoms with E-state index < -0.39 is 17.6 Å². The molecule has 0 unspecified atom stereocenters. The molecule has 0 aromatic rings. The van der Waals surface area contributed by atoms with Gasteiger partial charge in [0.25, 0.3) is 0 Å². The molecule has 8 nitrogen and oxygen atoms in total. The van der Waals surface area contributed by atoms with E-state index in [1.165, 1.54) is 0 Å². The minimum Gasteiger partial charge on any atom is -0.374 e. The van der Waals surface area contributed by atoms with Crippen LogP contribution in [0.2, 0.25) is 12.1 Å². The van der Waals surface area contributed by atoms with Crippen molar-refractivity contribution in [2.45, 2.75) is 91.8 Å². The lowest BCUT2D eigenvalue weighted by atomic mass is 9.92. The average Bonchev–Trinajstić information content (AvgIpc) is 2.69. The van der Waals surface area contributed by atoms with Crippen molar-refractivity contribution in [1.82, 2.24) is 5.43 Å². The number of nitrogens with one attached hydrogen (secondary N) is 1. The molecule has 30 heavy (non-hydrogen) atoms. The summed E-state index contributed by atoms with van der Waals surface area (Å²) in [6, 6.07) is 1.57. The SMILES string of the molecule is CCO[Si](CCCC(C)(CCC[Si](OCC)(OCC)OCC)NN)(OCC)OCC. The van der Waals surface area contributed by atoms with Crippen LogP contribution in [-0.4, -0.2) is 62.8 Å². The first kappa shape index (κ1) is 30.1. The summed E-state index contributed by atoms with van der Waals surface area (Å²) in [5.74, 6) is 5.94. The minimum absolute atomic E-state index is 0.199. The Morgan fingerprint density at radius 3 is 1.07 bits per heavy atom. The number of hydrogen-bond acceptors (Lipinski definition) is 8. The number of nitrogens with two attached hydrogens (primary N) is 1. The van der Waals surface area contributed by atoms with Gasteiger partial charge in [-0.1, -0.05) is 0 Å². The van der Waals surface area contributed by atoms with E-state index in [1.807, 2.05) is 41.5 Å². The van der Waals surface area contributed by atoms with Crippen LogP contribution in [0.1, 0.15) is 74.1 Å². The van der Waals surface area contributed by atoms with Crippen LogP contribution in [0.3, 0.4) is 0 Å². The van der Waals surface area contributed by atoms with Crippen molar-refractivity contribution < 1.29 is 26.6 Å². The second kappa shape index (κ2) is 16.7. The van der Waals surface area contributed by atoms with Gasteiger partial charge in [0, 0.05) is 57.3 Å². The fourth-order valence-corrected chi connectivity index (χ4v) is 8.89. The van der Waals surface area contributed by atoms with Crippen LogP contribution in [0.25, 0.3) is 0 Å². The molecule has 0 radical (unpaired) electrons. The van der Waals surface area contributed by atoms with Gasteiger partial charge >= 0.3 is 17.6 Å². The maximum atomic E-state index is 5.96. The summed E-state index contributed by atoms with van der Waals surface area (Å²) in [6.07, 6.45) is 3.63. The number of hydrazine groups is 1. The molecule has 10 heteroatoms. The zero-order chi connectivity index (χ0) is 22.9. The molecule has 0 aliphatic heterocycles. The molecule has 0 heterocycles. The molecule has 0 aromatic heterocycles. The molecule has 0 bridgehead atoms. The summed E-state index contributed by atoms with van der Waals surface area (Å²) in [7, 11) is -5.25. The van der Waals surface area contributed by atoms with Gasteiger partial charge < -0.3 is 26.6 Å². The Balaban J connectivity index is 4.87. The highest BCUT2D eigenvalue weighted by Gasteiger charge is 2.42. The first-order chi connectivity index (χ1) is 14.3. The van der Waals surface area contributed by atoms with Crippen molar-refractivity contribution in [3.63, 3.8) is 0 Å². The van der Waals surface area contributed by atoms with Crippen LogP contribution in [0.5, 0.6) is 0 Å². The van der Waals surface area contributed by atoms with E-state index in [-0.39, 0.29) is 5.54 Å². The van der Waals surface area contributed by atoms with Gasteiger partial charge in [-0.2, -0.15) is 0 Å². The fraction of sp³-hybridized carbons (Fsp3) is 1.00. The van der Waals surface area contributed by atoms with Gasteiger partial charge in [0.2, 0.25) is 0 Å². The standard InChI is InChI=1S/C20H48N2O6Si2/c1-8-23-29(24-9-2,25-10-3)18-14-16-20(7,22-21)17-15-19-30(26-11-4,27-12-5)28-13-6/h22H,8-19,21H2,1-7H3. The van der Waals surface area contributed by atoms with Gasteiger partial charge in [-0.05, 0) is 74.1 Å². The molecule has 0 aliphatic rings. The Kier molecular flexibility index (Phi) is 16.8. The van der Waals surface area contributed by atoms with Gasteiger partial charge in [-0.3, -0.25) is 11.3 Å². The molecule has 182 valence electrons. The molecule has 0 aromatic carbocycles. The minimum atomic E-state index is -2.62. The topological polar surface area (TPSA) is 93.4 Å². The van der Waals surface area contributed by atoms with E-state index >= 15 is 0 Å². The fourth-order valence-electron chi connectivity index (χ4n) is 3.66. The summed E-state index contributed by atoms with van der Waals surface area (Å²) < 4.78 is 35.8. The summed E-state index contributed by atoms with van der Waals surface area (Å²) in [6.45, 7) is 17.6. The van der Waals surface area contributed by atoms with Gasteiger partial charge in [-0.15, -0.1) is 0 Å². The molecule has 0 saturated heterocycles. The van der Waals surface area contributed by atoms with Crippen molar-refractivity contribution >= 4 is 17.6 Å². The Hall–Kier alpha value is 0.114. The number of hydrogen-bond donors (Lipinski definition) is 2. The Labute approximate surface area is 187 Å². The summed E-state index contributed by atoms with van der Waals surface area (Å²) in [4.78, 5) is 0. The van der Waals surface area contributed by atoms with Crippen LogP contribution < -0.4 is 11.3 Å². The van der Waals surface area contributed by atoms with Crippen molar-refractivity contribution in [2.75, 3.05) is 39.6 Å². The van der Waals surface area contributed by atoms with E-state index in [9.17, 15) is 0 Å². The summed E-state index contributed by atoms with van der Waals surface area (Å²) in [5.41, 5.74) is 2.83. The monoisotopic (exact) mass is 468 g/mol. The van der Waals surface area contributed by atoms with Gasteiger partial charge in [0.1, 0.15) is 0 Å². The molecule has 0 rings (SSSR count). The smallest absolute Gasteiger partial charge is 0.374 e. The second-order valence-corrected chi connectivity index (χ2v) is 12.8. The van der Waals surface area contributed by atoms with Crippen molar-refractivity contribution in [2.24, 2.45) is 5.84 Å². The quantitative estimate of drug-likeness (QED) is 0.149. The molecule has 0 atom stereocenters. The predicted molar refractivity (Wildman–Crippen MR) is 125 cm³/mol. The first-order valence-electron chi connectivity index (χ1n) is 11.7. The third kappa shape index (κ3) is 11.1. The molecular formula is C20H48N2O6Si2. The largest absolute Gasteiger partial charge is 0.500 e. The molecule has 3 N–H and O–H groups in total. The van der Waals surface area contributed by atoms with E-state index in [4.69, 9.17) is 32.4 Å². The maximum Gasteiger partial charge on any atom is 0.500 e. The number of rotatable bonds is 21. The summed E-state index contributed by atoms with van der Waals surface area (Å²) >= 11 is 0. The van der Waals surface area contributed by atoms with E-state index in [0.29, 0.717) is 39.6 Å². The molecule has 0 aliphatic carbocycles. The highest BCUT2D eigenvalue weighted by molar-refractivity contribution is 6.61. The lowest BCUT2D eigenvalue weighted by molar-refractivity contribution is 0.0697. The third-order valence-electron chi connectivity index (χ3n) is 4.96. The van der Waals surface area contributed by atoms with Crippen LogP contribution in [-0.2, 0) is 26.6 Å². The van der Waals surface area contributed by atoms with Gasteiger partial charge in [0.15, 0.2) is 0 Å². The molecule has 0 amide bonds. The zero-order valence-corrected chi connectivity index (χ0v) is 22.5. The Bertz CT molecular complexity index is 355. The average molecular weight is 469 g/mol. The van der Waals surface area contributed by atoms with E-state index in [0.717, 1.165) is 37.8 Å². The van der Waals surface area contributed by atoms with E-state index in [2.05, 4.69) is 12.3 Å². The molecule has 0 fully saturated rings. The maximum absolute atomic E-state index is 5.96. The van der Waals surface area contributed by atoms with Crippen LogP contribution in [0.15, 0.2) is 0 Å². The molecular weight excluding hydrogens is 420 g/mol.